The van der Waals surface area contributed by atoms with Crippen molar-refractivity contribution in [2.45, 2.75) is 5.16 Å². The van der Waals surface area contributed by atoms with Crippen molar-refractivity contribution in [3.63, 3.8) is 0 Å². The molecule has 24 heavy (non-hydrogen) atoms. The molecule has 118 valence electrons. The zero-order chi connectivity index (χ0) is 17.1. The molecule has 0 saturated heterocycles. The van der Waals surface area contributed by atoms with Crippen molar-refractivity contribution in [1.82, 2.24) is 9.97 Å². The van der Waals surface area contributed by atoms with E-state index in [0.29, 0.717) is 21.4 Å². The Bertz CT molecular complexity index is 990. The lowest BCUT2D eigenvalue weighted by Crippen LogP contribution is -2.14. The zero-order valence-corrected chi connectivity index (χ0v) is 14.3. The minimum Gasteiger partial charge on any atom is -0.300 e. The second-order valence-corrected chi connectivity index (χ2v) is 6.17. The molecule has 0 saturated carbocycles. The van der Waals surface area contributed by atoms with Crippen LogP contribution in [0.25, 0.3) is 22.4 Å². The first-order valence-electron chi connectivity index (χ1n) is 7.08. The third kappa shape index (κ3) is 3.07. The molecule has 0 radical (unpaired) electrons. The number of nitrogens with one attached hydrogen (secondary N) is 1. The molecule has 0 aliphatic heterocycles. The second-order valence-electron chi connectivity index (χ2n) is 4.97. The van der Waals surface area contributed by atoms with Gasteiger partial charge in [0.2, 0.25) is 0 Å². The largest absolute Gasteiger partial charge is 0.300 e. The third-order valence-electron chi connectivity index (χ3n) is 3.55. The average molecular weight is 354 g/mol. The Kier molecular flexibility index (Phi) is 4.70. The van der Waals surface area contributed by atoms with E-state index < -0.39 is 5.56 Å². The predicted molar refractivity (Wildman–Crippen MR) is 97.2 cm³/mol. The number of nitrogens with zero attached hydrogens (tertiary/aromatic N) is 2. The van der Waals surface area contributed by atoms with Crippen molar-refractivity contribution in [2.24, 2.45) is 0 Å². The van der Waals surface area contributed by atoms with Gasteiger partial charge in [0.15, 0.2) is 5.16 Å². The summed E-state index contributed by atoms with van der Waals surface area (Å²) >= 11 is 7.54. The van der Waals surface area contributed by atoms with Crippen LogP contribution >= 0.6 is 23.4 Å². The number of thioether (sulfide) groups is 1. The van der Waals surface area contributed by atoms with Gasteiger partial charge in [0.1, 0.15) is 11.6 Å². The SMILES string of the molecule is CSc1nc(-c2ccc(-c3ccccc3Cl)cc2)c(C#N)c(=O)[nH]1. The minimum absolute atomic E-state index is 0.0123. The van der Waals surface area contributed by atoms with Gasteiger partial charge in [-0.25, -0.2) is 4.98 Å². The number of rotatable bonds is 3. The maximum Gasteiger partial charge on any atom is 0.270 e. The summed E-state index contributed by atoms with van der Waals surface area (Å²) in [6.07, 6.45) is 1.81. The van der Waals surface area contributed by atoms with Gasteiger partial charge in [-0.05, 0) is 17.9 Å². The first-order valence-corrected chi connectivity index (χ1v) is 8.68. The van der Waals surface area contributed by atoms with E-state index in [4.69, 9.17) is 11.6 Å². The Morgan fingerprint density at radius 3 is 2.42 bits per heavy atom. The van der Waals surface area contributed by atoms with Crippen LogP contribution in [0.5, 0.6) is 0 Å². The number of benzene rings is 2. The van der Waals surface area contributed by atoms with E-state index in [-0.39, 0.29) is 5.56 Å². The highest BCUT2D eigenvalue weighted by molar-refractivity contribution is 7.98. The molecule has 1 heterocycles. The van der Waals surface area contributed by atoms with Crippen molar-refractivity contribution in [3.05, 3.63) is 69.5 Å². The van der Waals surface area contributed by atoms with Crippen LogP contribution in [0.4, 0.5) is 0 Å². The maximum absolute atomic E-state index is 12.0. The molecule has 0 aliphatic rings. The number of aromatic nitrogens is 2. The van der Waals surface area contributed by atoms with Crippen LogP contribution in [0.3, 0.4) is 0 Å². The first kappa shape index (κ1) is 16.3. The van der Waals surface area contributed by atoms with Crippen molar-refractivity contribution in [3.8, 4) is 28.5 Å². The summed E-state index contributed by atoms with van der Waals surface area (Å²) in [4.78, 5) is 19.0. The number of nitriles is 1. The monoisotopic (exact) mass is 353 g/mol. The van der Waals surface area contributed by atoms with Crippen LogP contribution in [-0.2, 0) is 0 Å². The normalized spacial score (nSPS) is 10.4. The second kappa shape index (κ2) is 6.91. The van der Waals surface area contributed by atoms with Crippen molar-refractivity contribution in [1.29, 1.82) is 5.26 Å². The lowest BCUT2D eigenvalue weighted by molar-refractivity contribution is 0.938. The average Bonchev–Trinajstić information content (AvgIpc) is 2.61. The highest BCUT2D eigenvalue weighted by Crippen LogP contribution is 2.29. The lowest BCUT2D eigenvalue weighted by Gasteiger charge is -2.08. The standard InChI is InChI=1S/C18H12ClN3OS/c1-24-18-21-16(14(10-20)17(23)22-18)12-8-6-11(7-9-12)13-4-2-3-5-15(13)19/h2-9H,1H3,(H,21,22,23). The summed E-state index contributed by atoms with van der Waals surface area (Å²) in [5.41, 5.74) is 2.56. The molecule has 0 amide bonds. The number of H-pyrrole nitrogens is 1. The van der Waals surface area contributed by atoms with Gasteiger partial charge >= 0.3 is 0 Å². The summed E-state index contributed by atoms with van der Waals surface area (Å²) in [6.45, 7) is 0. The van der Waals surface area contributed by atoms with E-state index in [1.807, 2.05) is 60.9 Å². The predicted octanol–water partition coefficient (Wildman–Crippen LogP) is 4.35. The smallest absolute Gasteiger partial charge is 0.270 e. The lowest BCUT2D eigenvalue weighted by atomic mass is 10.0. The quantitative estimate of drug-likeness (QED) is 0.561. The summed E-state index contributed by atoms with van der Waals surface area (Å²) in [5.74, 6) is 0. The third-order valence-corrected chi connectivity index (χ3v) is 4.46. The highest BCUT2D eigenvalue weighted by atomic mass is 35.5. The Labute approximate surface area is 148 Å². The van der Waals surface area contributed by atoms with Crippen LogP contribution in [0.15, 0.2) is 58.5 Å². The Morgan fingerprint density at radius 1 is 1.12 bits per heavy atom. The fourth-order valence-electron chi connectivity index (χ4n) is 2.36. The fourth-order valence-corrected chi connectivity index (χ4v) is 2.99. The molecule has 1 N–H and O–H groups in total. The number of aromatic amines is 1. The number of halogens is 1. The van der Waals surface area contributed by atoms with Gasteiger partial charge in [-0.15, -0.1) is 0 Å². The summed E-state index contributed by atoms with van der Waals surface area (Å²) < 4.78 is 0. The minimum atomic E-state index is -0.429. The van der Waals surface area contributed by atoms with Crippen molar-refractivity contribution < 1.29 is 0 Å². The van der Waals surface area contributed by atoms with Gasteiger partial charge < -0.3 is 4.98 Å². The fraction of sp³-hybridized carbons (Fsp3) is 0.0556. The molecule has 2 aromatic carbocycles. The Balaban J connectivity index is 2.10. The first-order chi connectivity index (χ1) is 11.6. The molecule has 6 heteroatoms. The van der Waals surface area contributed by atoms with Gasteiger partial charge in [0.25, 0.3) is 5.56 Å². The molecule has 0 bridgehead atoms. The maximum atomic E-state index is 12.0. The van der Waals surface area contributed by atoms with Crippen LogP contribution in [0.1, 0.15) is 5.56 Å². The van der Waals surface area contributed by atoms with E-state index in [1.165, 1.54) is 11.8 Å². The van der Waals surface area contributed by atoms with Crippen molar-refractivity contribution >= 4 is 23.4 Å². The van der Waals surface area contributed by atoms with Crippen molar-refractivity contribution in [2.75, 3.05) is 6.26 Å². The van der Waals surface area contributed by atoms with Gasteiger partial charge in [0, 0.05) is 16.1 Å². The van der Waals surface area contributed by atoms with Gasteiger partial charge in [-0.2, -0.15) is 5.26 Å². The molecule has 3 aromatic rings. The summed E-state index contributed by atoms with van der Waals surface area (Å²) in [6, 6.07) is 17.0. The molecule has 4 nitrogen and oxygen atoms in total. The summed E-state index contributed by atoms with van der Waals surface area (Å²) in [7, 11) is 0. The van der Waals surface area contributed by atoms with Gasteiger partial charge in [-0.3, -0.25) is 4.79 Å². The molecule has 1 aromatic heterocycles. The molecule has 0 fully saturated rings. The summed E-state index contributed by atoms with van der Waals surface area (Å²) in [5, 5.41) is 10.4. The van der Waals surface area contributed by atoms with E-state index in [1.54, 1.807) is 0 Å². The van der Waals surface area contributed by atoms with E-state index in [2.05, 4.69) is 9.97 Å². The molecular weight excluding hydrogens is 342 g/mol. The Hall–Kier alpha value is -2.55. The number of hydrogen-bond acceptors (Lipinski definition) is 4. The topological polar surface area (TPSA) is 69.5 Å². The zero-order valence-electron chi connectivity index (χ0n) is 12.7. The molecular formula is C18H12ClN3OS. The highest BCUT2D eigenvalue weighted by Gasteiger charge is 2.13. The van der Waals surface area contributed by atoms with Gasteiger partial charge in [-0.1, -0.05) is 65.8 Å². The molecule has 0 spiro atoms. The van der Waals surface area contributed by atoms with Crippen LogP contribution < -0.4 is 5.56 Å². The van der Waals surface area contributed by atoms with Crippen LogP contribution in [0.2, 0.25) is 5.02 Å². The molecule has 0 unspecified atom stereocenters. The van der Waals surface area contributed by atoms with E-state index in [0.717, 1.165) is 11.1 Å². The van der Waals surface area contributed by atoms with Crippen LogP contribution in [0, 0.1) is 11.3 Å². The van der Waals surface area contributed by atoms with E-state index >= 15 is 0 Å². The molecule has 0 atom stereocenters. The Morgan fingerprint density at radius 2 is 1.79 bits per heavy atom. The molecule has 3 rings (SSSR count). The number of hydrogen-bond donors (Lipinski definition) is 1. The molecule has 0 aliphatic carbocycles. The van der Waals surface area contributed by atoms with E-state index in [9.17, 15) is 10.1 Å². The van der Waals surface area contributed by atoms with Gasteiger partial charge in [0.05, 0.1) is 5.69 Å². The van der Waals surface area contributed by atoms with Crippen LogP contribution in [-0.4, -0.2) is 16.2 Å².